The quantitative estimate of drug-likeness (QED) is 0.545. The van der Waals surface area contributed by atoms with Crippen molar-refractivity contribution in [1.29, 1.82) is 0 Å². The molecule has 2 aromatic rings. The van der Waals surface area contributed by atoms with Crippen molar-refractivity contribution in [1.82, 2.24) is 0 Å². The van der Waals surface area contributed by atoms with Crippen LogP contribution in [0.5, 0.6) is 5.75 Å². The Balaban J connectivity index is 1.73. The third-order valence-electron chi connectivity index (χ3n) is 3.62. The number of benzene rings is 2. The normalized spacial score (nSPS) is 15.4. The van der Waals surface area contributed by atoms with Crippen LogP contribution in [-0.4, -0.2) is 27.9 Å². The van der Waals surface area contributed by atoms with Gasteiger partial charge in [0.25, 0.3) is 5.91 Å². The summed E-state index contributed by atoms with van der Waals surface area (Å²) in [4.78, 5) is 25.2. The van der Waals surface area contributed by atoms with Crippen LogP contribution < -0.4 is 9.64 Å². The van der Waals surface area contributed by atoms with E-state index in [-0.39, 0.29) is 18.9 Å². The first-order valence-electron chi connectivity index (χ1n) is 7.92. The Morgan fingerprint density at radius 1 is 1.26 bits per heavy atom. The van der Waals surface area contributed by atoms with Crippen LogP contribution in [-0.2, 0) is 9.59 Å². The zero-order chi connectivity index (χ0) is 19.4. The molecule has 1 fully saturated rings. The Kier molecular flexibility index (Phi) is 6.15. The minimum absolute atomic E-state index is 0.0618. The highest BCUT2D eigenvalue weighted by atomic mass is 35.5. The first-order chi connectivity index (χ1) is 12.9. The van der Waals surface area contributed by atoms with Crippen molar-refractivity contribution in [2.75, 3.05) is 11.5 Å². The van der Waals surface area contributed by atoms with Crippen LogP contribution in [0.15, 0.2) is 53.4 Å². The van der Waals surface area contributed by atoms with Crippen molar-refractivity contribution in [3.8, 4) is 5.75 Å². The molecular weight excluding hydrogens is 406 g/mol. The Morgan fingerprint density at radius 3 is 2.67 bits per heavy atom. The predicted octanol–water partition coefficient (Wildman–Crippen LogP) is 4.60. The third-order valence-corrected chi connectivity index (χ3v) is 5.16. The van der Waals surface area contributed by atoms with Crippen molar-refractivity contribution < 1.29 is 19.4 Å². The Hall–Kier alpha value is -2.35. The molecule has 1 aliphatic heterocycles. The lowest BCUT2D eigenvalue weighted by atomic mass is 10.2. The highest BCUT2D eigenvalue weighted by Gasteiger charge is 2.33. The average molecular weight is 420 g/mol. The van der Waals surface area contributed by atoms with E-state index in [0.717, 1.165) is 5.56 Å². The number of hydrogen-bond acceptors (Lipinski definition) is 5. The van der Waals surface area contributed by atoms with E-state index in [0.29, 0.717) is 25.7 Å². The molecule has 0 spiro atoms. The van der Waals surface area contributed by atoms with Gasteiger partial charge in [0.15, 0.2) is 4.32 Å². The van der Waals surface area contributed by atoms with Gasteiger partial charge in [0.05, 0.1) is 23.6 Å². The molecule has 1 saturated heterocycles. The summed E-state index contributed by atoms with van der Waals surface area (Å²) in [5, 5.41) is 9.15. The Labute approximate surface area is 170 Å². The van der Waals surface area contributed by atoms with Crippen LogP contribution in [0.4, 0.5) is 5.69 Å². The summed E-state index contributed by atoms with van der Waals surface area (Å²) in [6.07, 6.45) is 1.69. The summed E-state index contributed by atoms with van der Waals surface area (Å²) in [5.74, 6) is -0.540. The van der Waals surface area contributed by atoms with E-state index in [9.17, 15) is 9.59 Å². The first kappa shape index (κ1) is 19.4. The number of thiocarbonyl (C=S) groups is 1. The van der Waals surface area contributed by atoms with Crippen LogP contribution in [0.25, 0.3) is 6.08 Å². The SMILES string of the molecule is O=C(O)CCOc1ccc(/C=C2/SC(=S)N(c3cccc(Cl)c3)C2=O)cc1. The number of carbonyl (C=O) groups is 2. The van der Waals surface area contributed by atoms with Crippen molar-refractivity contribution in [3.05, 3.63) is 64.0 Å². The fourth-order valence-electron chi connectivity index (χ4n) is 2.37. The van der Waals surface area contributed by atoms with Gasteiger partial charge in [-0.3, -0.25) is 14.5 Å². The second-order valence-electron chi connectivity index (χ2n) is 5.56. The number of thioether (sulfide) groups is 1. The number of ether oxygens (including phenoxy) is 1. The summed E-state index contributed by atoms with van der Waals surface area (Å²) in [6.45, 7) is 0.104. The lowest BCUT2D eigenvalue weighted by Gasteiger charge is -2.14. The van der Waals surface area contributed by atoms with Gasteiger partial charge in [-0.05, 0) is 42.0 Å². The first-order valence-corrected chi connectivity index (χ1v) is 9.52. The minimum atomic E-state index is -0.909. The average Bonchev–Trinajstić information content (AvgIpc) is 2.89. The molecule has 27 heavy (non-hydrogen) atoms. The molecule has 1 aliphatic rings. The van der Waals surface area contributed by atoms with Crippen molar-refractivity contribution in [2.45, 2.75) is 6.42 Å². The van der Waals surface area contributed by atoms with Crippen LogP contribution in [0.2, 0.25) is 5.02 Å². The lowest BCUT2D eigenvalue weighted by Crippen LogP contribution is -2.27. The van der Waals surface area contributed by atoms with E-state index >= 15 is 0 Å². The summed E-state index contributed by atoms with van der Waals surface area (Å²) >= 11 is 12.6. The van der Waals surface area contributed by atoms with Crippen LogP contribution in [0, 0.1) is 0 Å². The fourth-order valence-corrected chi connectivity index (χ4v) is 3.86. The van der Waals surface area contributed by atoms with E-state index < -0.39 is 5.97 Å². The topological polar surface area (TPSA) is 66.8 Å². The molecule has 0 aromatic heterocycles. The monoisotopic (exact) mass is 419 g/mol. The molecule has 138 valence electrons. The standard InChI is InChI=1S/C19H14ClNO4S2/c20-13-2-1-3-14(11-13)21-18(24)16(27-19(21)26)10-12-4-6-15(7-5-12)25-9-8-17(22)23/h1-7,10-11H,8-9H2,(H,22,23)/b16-10+. The maximum absolute atomic E-state index is 12.7. The molecule has 1 N–H and O–H groups in total. The maximum Gasteiger partial charge on any atom is 0.306 e. The van der Waals surface area contributed by atoms with Gasteiger partial charge >= 0.3 is 5.97 Å². The van der Waals surface area contributed by atoms with Crippen LogP contribution in [0.3, 0.4) is 0 Å². The van der Waals surface area contributed by atoms with Gasteiger partial charge in [-0.1, -0.05) is 53.8 Å². The van der Waals surface area contributed by atoms with Crippen molar-refractivity contribution >= 4 is 63.5 Å². The molecule has 0 aliphatic carbocycles. The van der Waals surface area contributed by atoms with E-state index in [4.69, 9.17) is 33.7 Å². The molecule has 1 amide bonds. The van der Waals surface area contributed by atoms with Gasteiger partial charge in [0.2, 0.25) is 0 Å². The number of halogens is 1. The number of rotatable bonds is 6. The Morgan fingerprint density at radius 2 is 2.00 bits per heavy atom. The van der Waals surface area contributed by atoms with Crippen molar-refractivity contribution in [2.24, 2.45) is 0 Å². The number of carboxylic acids is 1. The molecule has 8 heteroatoms. The number of amides is 1. The van der Waals surface area contributed by atoms with E-state index in [1.165, 1.54) is 16.7 Å². The zero-order valence-corrected chi connectivity index (χ0v) is 16.3. The van der Waals surface area contributed by atoms with Crippen LogP contribution >= 0.6 is 35.6 Å². The minimum Gasteiger partial charge on any atom is -0.493 e. The molecule has 1 heterocycles. The Bertz CT molecular complexity index is 928. The number of carbonyl (C=O) groups excluding carboxylic acids is 1. The molecule has 3 rings (SSSR count). The lowest BCUT2D eigenvalue weighted by molar-refractivity contribution is -0.137. The van der Waals surface area contributed by atoms with Crippen molar-refractivity contribution in [3.63, 3.8) is 0 Å². The molecule has 0 radical (unpaired) electrons. The zero-order valence-electron chi connectivity index (χ0n) is 13.9. The highest BCUT2D eigenvalue weighted by Crippen LogP contribution is 2.36. The molecule has 0 atom stereocenters. The van der Waals surface area contributed by atoms with E-state index in [1.54, 1.807) is 54.6 Å². The van der Waals surface area contributed by atoms with E-state index in [2.05, 4.69) is 0 Å². The highest BCUT2D eigenvalue weighted by molar-refractivity contribution is 8.27. The summed E-state index contributed by atoms with van der Waals surface area (Å²) in [7, 11) is 0. The largest absolute Gasteiger partial charge is 0.493 e. The van der Waals surface area contributed by atoms with Gasteiger partial charge in [-0.15, -0.1) is 0 Å². The van der Waals surface area contributed by atoms with Gasteiger partial charge < -0.3 is 9.84 Å². The molecule has 0 saturated carbocycles. The number of anilines is 1. The number of nitrogens with zero attached hydrogens (tertiary/aromatic N) is 1. The maximum atomic E-state index is 12.7. The summed E-state index contributed by atoms with van der Waals surface area (Å²) < 4.78 is 5.80. The second-order valence-corrected chi connectivity index (χ2v) is 7.67. The number of carboxylic acid groups (broad SMARTS) is 1. The molecule has 0 unspecified atom stereocenters. The van der Waals surface area contributed by atoms with E-state index in [1.807, 2.05) is 0 Å². The number of hydrogen-bond donors (Lipinski definition) is 1. The van der Waals surface area contributed by atoms with Gasteiger partial charge in [-0.2, -0.15) is 0 Å². The molecule has 0 bridgehead atoms. The van der Waals surface area contributed by atoms with Gasteiger partial charge in [0, 0.05) is 5.02 Å². The van der Waals surface area contributed by atoms with Crippen LogP contribution in [0.1, 0.15) is 12.0 Å². The predicted molar refractivity (Wildman–Crippen MR) is 111 cm³/mol. The molecular formula is C19H14ClNO4S2. The smallest absolute Gasteiger partial charge is 0.306 e. The summed E-state index contributed by atoms with van der Waals surface area (Å²) in [5.41, 5.74) is 1.45. The van der Waals surface area contributed by atoms with Gasteiger partial charge in [0.1, 0.15) is 5.75 Å². The molecule has 5 nitrogen and oxygen atoms in total. The number of aliphatic carboxylic acids is 1. The van der Waals surface area contributed by atoms with Gasteiger partial charge in [-0.25, -0.2) is 0 Å². The third kappa shape index (κ3) is 4.88. The molecule has 2 aromatic carbocycles. The fraction of sp³-hybridized carbons (Fsp3) is 0.105. The second kappa shape index (κ2) is 8.56. The summed E-state index contributed by atoms with van der Waals surface area (Å²) in [6, 6.07) is 14.0.